The topological polar surface area (TPSA) is 41.9 Å². The van der Waals surface area contributed by atoms with Crippen molar-refractivity contribution in [3.8, 4) is 0 Å². The smallest absolute Gasteiger partial charge is 0.363 e. The molecule has 0 bridgehead atoms. The third-order valence-electron chi connectivity index (χ3n) is 5.27. The van der Waals surface area contributed by atoms with Crippen LogP contribution in [0.15, 0.2) is 65.3 Å². The molecule has 0 atom stereocenters. The van der Waals surface area contributed by atoms with E-state index in [0.29, 0.717) is 11.6 Å². The summed E-state index contributed by atoms with van der Waals surface area (Å²) in [5.41, 5.74) is 3.33. The van der Waals surface area contributed by atoms with Crippen LogP contribution in [0, 0.1) is 0 Å². The molecule has 30 heavy (non-hydrogen) atoms. The number of nitrogens with zero attached hydrogens (tertiary/aromatic N) is 2. The number of unbranched alkanes of at least 4 members (excludes halogenated alkanes) is 4. The molecule has 0 N–H and O–H groups in total. The molecular weight excluding hydrogens is 372 g/mol. The zero-order valence-electron chi connectivity index (χ0n) is 18.1. The van der Waals surface area contributed by atoms with E-state index in [1.807, 2.05) is 30.3 Å². The van der Waals surface area contributed by atoms with Gasteiger partial charge in [-0.05, 0) is 48.7 Å². The number of hydrogen-bond acceptors (Lipinski definition) is 4. The minimum absolute atomic E-state index is 0.337. The number of esters is 1. The number of benzene rings is 2. The Bertz CT molecular complexity index is 860. The van der Waals surface area contributed by atoms with E-state index in [1.165, 1.54) is 44.2 Å². The lowest BCUT2D eigenvalue weighted by Gasteiger charge is -2.25. The lowest BCUT2D eigenvalue weighted by molar-refractivity contribution is -0.129. The summed E-state index contributed by atoms with van der Waals surface area (Å²) < 4.78 is 5.34. The highest BCUT2D eigenvalue weighted by atomic mass is 16.6. The Kier molecular flexibility index (Phi) is 8.25. The number of carbonyl (C=O) groups excluding carboxylic acids is 1. The fourth-order valence-electron chi connectivity index (χ4n) is 3.53. The average Bonchev–Trinajstić information content (AvgIpc) is 3.14. The highest BCUT2D eigenvalue weighted by Crippen LogP contribution is 2.22. The Morgan fingerprint density at radius 3 is 2.10 bits per heavy atom. The normalized spacial score (nSPS) is 14.7. The number of carbonyl (C=O) groups is 1. The molecule has 0 spiro atoms. The highest BCUT2D eigenvalue weighted by molar-refractivity contribution is 6.12. The first-order chi connectivity index (χ1) is 14.7. The van der Waals surface area contributed by atoms with E-state index >= 15 is 0 Å². The van der Waals surface area contributed by atoms with Gasteiger partial charge in [0.15, 0.2) is 5.70 Å². The summed E-state index contributed by atoms with van der Waals surface area (Å²) in [4.78, 5) is 19.1. The minimum atomic E-state index is -0.404. The molecule has 0 amide bonds. The molecular formula is C26H32N2O2. The monoisotopic (exact) mass is 404 g/mol. The maximum Gasteiger partial charge on any atom is 0.363 e. The summed E-state index contributed by atoms with van der Waals surface area (Å²) in [5, 5.41) is 0. The van der Waals surface area contributed by atoms with Crippen molar-refractivity contribution in [1.82, 2.24) is 0 Å². The molecule has 158 valence electrons. The van der Waals surface area contributed by atoms with Crippen LogP contribution in [0.4, 0.5) is 5.69 Å². The average molecular weight is 405 g/mol. The van der Waals surface area contributed by atoms with E-state index in [9.17, 15) is 4.79 Å². The molecule has 0 fully saturated rings. The van der Waals surface area contributed by atoms with Crippen molar-refractivity contribution < 1.29 is 9.53 Å². The van der Waals surface area contributed by atoms with Gasteiger partial charge in [0.25, 0.3) is 0 Å². The molecule has 1 aliphatic heterocycles. The van der Waals surface area contributed by atoms with Crippen molar-refractivity contribution in [2.75, 3.05) is 18.0 Å². The second-order valence-corrected chi connectivity index (χ2v) is 7.69. The van der Waals surface area contributed by atoms with Crippen molar-refractivity contribution in [3.63, 3.8) is 0 Å². The summed E-state index contributed by atoms with van der Waals surface area (Å²) in [6, 6.07) is 17.9. The van der Waals surface area contributed by atoms with Crippen LogP contribution >= 0.6 is 0 Å². The summed E-state index contributed by atoms with van der Waals surface area (Å²) in [6.45, 7) is 6.66. The van der Waals surface area contributed by atoms with E-state index in [1.54, 1.807) is 6.08 Å². The van der Waals surface area contributed by atoms with Gasteiger partial charge in [-0.3, -0.25) is 0 Å². The van der Waals surface area contributed by atoms with Crippen molar-refractivity contribution >= 4 is 23.6 Å². The molecule has 4 heteroatoms. The van der Waals surface area contributed by atoms with Gasteiger partial charge in [-0.15, -0.1) is 0 Å². The van der Waals surface area contributed by atoms with Gasteiger partial charge >= 0.3 is 5.97 Å². The standard InChI is InChI=1S/C26H32N2O2/c1-3-5-10-18-28(19-11-6-4-2)23-16-14-21(15-17-23)20-24-26(29)30-25(27-24)22-12-8-7-9-13-22/h7-9,12-17,20H,3-6,10-11,18-19H2,1-2H3. The molecule has 0 aliphatic carbocycles. The van der Waals surface area contributed by atoms with Crippen LogP contribution in [0.3, 0.4) is 0 Å². The van der Waals surface area contributed by atoms with Crippen molar-refractivity contribution in [2.24, 2.45) is 4.99 Å². The quantitative estimate of drug-likeness (QED) is 0.254. The van der Waals surface area contributed by atoms with Crippen LogP contribution in [0.2, 0.25) is 0 Å². The lowest BCUT2D eigenvalue weighted by atomic mass is 10.1. The predicted octanol–water partition coefficient (Wildman–Crippen LogP) is 6.22. The fraction of sp³-hybridized carbons (Fsp3) is 0.385. The van der Waals surface area contributed by atoms with Gasteiger partial charge < -0.3 is 9.64 Å². The number of cyclic esters (lactones) is 1. The van der Waals surface area contributed by atoms with Gasteiger partial charge in [0.05, 0.1) is 0 Å². The van der Waals surface area contributed by atoms with E-state index in [4.69, 9.17) is 4.74 Å². The first-order valence-corrected chi connectivity index (χ1v) is 11.1. The van der Waals surface area contributed by atoms with Crippen LogP contribution in [0.5, 0.6) is 0 Å². The maximum atomic E-state index is 12.2. The summed E-state index contributed by atoms with van der Waals surface area (Å²) in [7, 11) is 0. The van der Waals surface area contributed by atoms with Crippen LogP contribution < -0.4 is 4.90 Å². The number of anilines is 1. The molecule has 0 aromatic heterocycles. The van der Waals surface area contributed by atoms with Gasteiger partial charge in [-0.25, -0.2) is 9.79 Å². The Morgan fingerprint density at radius 1 is 0.867 bits per heavy atom. The molecule has 2 aromatic carbocycles. The molecule has 0 unspecified atom stereocenters. The summed E-state index contributed by atoms with van der Waals surface area (Å²) >= 11 is 0. The zero-order chi connectivity index (χ0) is 21.2. The van der Waals surface area contributed by atoms with Gasteiger partial charge in [-0.2, -0.15) is 0 Å². The van der Waals surface area contributed by atoms with Crippen LogP contribution in [-0.4, -0.2) is 25.0 Å². The summed E-state index contributed by atoms with van der Waals surface area (Å²) in [6.07, 6.45) is 9.22. The van der Waals surface area contributed by atoms with Gasteiger partial charge in [0, 0.05) is 24.3 Å². The molecule has 2 aromatic rings. The Hall–Kier alpha value is -2.88. The molecule has 1 aliphatic rings. The minimum Gasteiger partial charge on any atom is -0.402 e. The maximum absolute atomic E-state index is 12.2. The second-order valence-electron chi connectivity index (χ2n) is 7.69. The number of aliphatic imine (C=N–C) groups is 1. The second kappa shape index (κ2) is 11.3. The van der Waals surface area contributed by atoms with Gasteiger partial charge in [-0.1, -0.05) is 69.9 Å². The molecule has 0 saturated heterocycles. The lowest BCUT2D eigenvalue weighted by Crippen LogP contribution is -2.25. The van der Waals surface area contributed by atoms with Crippen LogP contribution in [0.25, 0.3) is 6.08 Å². The Morgan fingerprint density at radius 2 is 1.50 bits per heavy atom. The molecule has 3 rings (SSSR count). The predicted molar refractivity (Wildman–Crippen MR) is 125 cm³/mol. The van der Waals surface area contributed by atoms with E-state index in [2.05, 4.69) is 48.0 Å². The van der Waals surface area contributed by atoms with E-state index in [-0.39, 0.29) is 0 Å². The van der Waals surface area contributed by atoms with Crippen molar-refractivity contribution in [1.29, 1.82) is 0 Å². The third kappa shape index (κ3) is 6.06. The van der Waals surface area contributed by atoms with Gasteiger partial charge in [0.1, 0.15) is 0 Å². The Labute approximate surface area is 180 Å². The largest absolute Gasteiger partial charge is 0.402 e. The van der Waals surface area contributed by atoms with E-state index in [0.717, 1.165) is 24.2 Å². The molecule has 0 saturated carbocycles. The van der Waals surface area contributed by atoms with Gasteiger partial charge in [0.2, 0.25) is 5.90 Å². The zero-order valence-corrected chi connectivity index (χ0v) is 18.1. The summed E-state index contributed by atoms with van der Waals surface area (Å²) in [5.74, 6) is -0.0415. The first-order valence-electron chi connectivity index (χ1n) is 11.1. The van der Waals surface area contributed by atoms with Crippen molar-refractivity contribution in [3.05, 3.63) is 71.4 Å². The third-order valence-corrected chi connectivity index (χ3v) is 5.27. The van der Waals surface area contributed by atoms with E-state index < -0.39 is 5.97 Å². The number of ether oxygens (including phenoxy) is 1. The molecule has 0 radical (unpaired) electrons. The number of rotatable bonds is 11. The Balaban J connectivity index is 1.71. The fourth-order valence-corrected chi connectivity index (χ4v) is 3.53. The van der Waals surface area contributed by atoms with Crippen LogP contribution in [0.1, 0.15) is 63.5 Å². The highest BCUT2D eigenvalue weighted by Gasteiger charge is 2.23. The first kappa shape index (κ1) is 21.8. The molecule has 1 heterocycles. The number of hydrogen-bond donors (Lipinski definition) is 0. The van der Waals surface area contributed by atoms with Crippen molar-refractivity contribution in [2.45, 2.75) is 52.4 Å². The SMILES string of the molecule is CCCCCN(CCCCC)c1ccc(C=C2N=C(c3ccccc3)OC2=O)cc1. The molecule has 4 nitrogen and oxygen atoms in total. The van der Waals surface area contributed by atoms with Crippen LogP contribution in [-0.2, 0) is 9.53 Å².